The summed E-state index contributed by atoms with van der Waals surface area (Å²) in [6, 6.07) is 8.33. The molecule has 33 heavy (non-hydrogen) atoms. The van der Waals surface area contributed by atoms with Crippen molar-refractivity contribution in [3.8, 4) is 11.8 Å². The lowest BCUT2D eigenvalue weighted by atomic mass is 10.1. The van der Waals surface area contributed by atoms with Gasteiger partial charge in [-0.2, -0.15) is 20.1 Å². The van der Waals surface area contributed by atoms with Crippen LogP contribution in [0.1, 0.15) is 67.9 Å². The van der Waals surface area contributed by atoms with E-state index in [-0.39, 0.29) is 0 Å². The van der Waals surface area contributed by atoms with E-state index in [2.05, 4.69) is 64.4 Å². The third-order valence-electron chi connectivity index (χ3n) is 6.12. The van der Waals surface area contributed by atoms with Crippen molar-refractivity contribution in [3.05, 3.63) is 52.6 Å². The Labute approximate surface area is 196 Å². The van der Waals surface area contributed by atoms with Crippen molar-refractivity contribution in [3.63, 3.8) is 0 Å². The minimum atomic E-state index is 0.339. The van der Waals surface area contributed by atoms with Gasteiger partial charge >= 0.3 is 6.01 Å². The van der Waals surface area contributed by atoms with E-state index >= 15 is 0 Å². The molecule has 0 spiro atoms. The van der Waals surface area contributed by atoms with E-state index in [0.717, 1.165) is 42.9 Å². The molecule has 1 aromatic carbocycles. The maximum Gasteiger partial charge on any atom is 0.327 e. The van der Waals surface area contributed by atoms with Gasteiger partial charge in [0.05, 0.1) is 5.69 Å². The van der Waals surface area contributed by atoms with Crippen LogP contribution in [0.2, 0.25) is 0 Å². The molecule has 1 saturated heterocycles. The molecule has 0 N–H and O–H groups in total. The number of nitrogens with zero attached hydrogens (tertiary/aromatic N) is 6. The molecule has 0 unspecified atom stereocenters. The molecule has 174 valence electrons. The lowest BCUT2D eigenvalue weighted by Crippen LogP contribution is -2.31. The van der Waals surface area contributed by atoms with E-state index in [0.29, 0.717) is 23.5 Å². The summed E-state index contributed by atoms with van der Waals surface area (Å²) >= 11 is 0. The second-order valence-corrected chi connectivity index (χ2v) is 8.80. The Bertz CT molecular complexity index is 1140. The van der Waals surface area contributed by atoms with Crippen LogP contribution in [0.25, 0.3) is 11.6 Å². The summed E-state index contributed by atoms with van der Waals surface area (Å²) in [5.74, 6) is 2.08. The number of rotatable bonds is 7. The molecule has 0 aliphatic carbocycles. The SMILES string of the molecule is CCCn1nc(C(C)=Cc2cccc(Oc3nc(C)nc(N4CCCCC4)n3)c2)c(C)c1C. The van der Waals surface area contributed by atoms with Gasteiger partial charge in [0, 0.05) is 25.3 Å². The number of ether oxygens (including phenoxy) is 1. The zero-order valence-electron chi connectivity index (χ0n) is 20.4. The number of hydrogen-bond donors (Lipinski definition) is 0. The van der Waals surface area contributed by atoms with Gasteiger partial charge in [0.2, 0.25) is 5.95 Å². The van der Waals surface area contributed by atoms with Gasteiger partial charge in [0.1, 0.15) is 11.6 Å². The highest BCUT2D eigenvalue weighted by molar-refractivity contribution is 5.80. The number of piperidine rings is 1. The minimum absolute atomic E-state index is 0.339. The zero-order chi connectivity index (χ0) is 23.4. The summed E-state index contributed by atoms with van der Waals surface area (Å²) in [6.07, 6.45) is 6.82. The fraction of sp³-hybridized carbons (Fsp3) is 0.462. The Morgan fingerprint density at radius 2 is 1.85 bits per heavy atom. The van der Waals surface area contributed by atoms with E-state index in [1.54, 1.807) is 0 Å². The van der Waals surface area contributed by atoms with Crippen molar-refractivity contribution in [2.24, 2.45) is 0 Å². The number of aryl methyl sites for hydroxylation is 2. The lowest BCUT2D eigenvalue weighted by molar-refractivity contribution is 0.435. The van der Waals surface area contributed by atoms with E-state index in [4.69, 9.17) is 9.84 Å². The van der Waals surface area contributed by atoms with Gasteiger partial charge in [-0.1, -0.05) is 19.1 Å². The predicted molar refractivity (Wildman–Crippen MR) is 133 cm³/mol. The molecular formula is C26H34N6O. The molecule has 7 nitrogen and oxygen atoms in total. The molecular weight excluding hydrogens is 412 g/mol. The van der Waals surface area contributed by atoms with E-state index in [9.17, 15) is 0 Å². The molecule has 3 heterocycles. The van der Waals surface area contributed by atoms with Crippen LogP contribution in [-0.4, -0.2) is 37.8 Å². The van der Waals surface area contributed by atoms with E-state index in [1.165, 1.54) is 30.5 Å². The van der Waals surface area contributed by atoms with Crippen molar-refractivity contribution in [1.82, 2.24) is 24.7 Å². The number of benzene rings is 1. The summed E-state index contributed by atoms with van der Waals surface area (Å²) in [5.41, 5.74) is 5.69. The Hall–Kier alpha value is -3.22. The molecule has 1 aliphatic heterocycles. The Morgan fingerprint density at radius 3 is 2.61 bits per heavy atom. The first kappa shape index (κ1) is 23.0. The normalized spacial score (nSPS) is 14.6. The van der Waals surface area contributed by atoms with Gasteiger partial charge in [-0.3, -0.25) is 4.68 Å². The van der Waals surface area contributed by atoms with Crippen LogP contribution in [0.3, 0.4) is 0 Å². The number of aromatic nitrogens is 5. The molecule has 0 saturated carbocycles. The highest BCUT2D eigenvalue weighted by Gasteiger charge is 2.16. The number of hydrogen-bond acceptors (Lipinski definition) is 6. The smallest absolute Gasteiger partial charge is 0.327 e. The topological polar surface area (TPSA) is 69.0 Å². The molecule has 2 aromatic heterocycles. The molecule has 1 aliphatic rings. The molecule has 0 radical (unpaired) electrons. The van der Waals surface area contributed by atoms with Gasteiger partial charge in [0.15, 0.2) is 0 Å². The summed E-state index contributed by atoms with van der Waals surface area (Å²) in [5, 5.41) is 4.83. The van der Waals surface area contributed by atoms with Crippen molar-refractivity contribution >= 4 is 17.6 Å². The molecule has 0 bridgehead atoms. The van der Waals surface area contributed by atoms with Crippen molar-refractivity contribution in [2.75, 3.05) is 18.0 Å². The molecule has 3 aromatic rings. The molecule has 7 heteroatoms. The van der Waals surface area contributed by atoms with Crippen LogP contribution in [0.4, 0.5) is 5.95 Å². The van der Waals surface area contributed by atoms with Gasteiger partial charge in [0.25, 0.3) is 0 Å². The number of allylic oxidation sites excluding steroid dienone is 1. The largest absolute Gasteiger partial charge is 0.424 e. The molecule has 0 amide bonds. The Kier molecular flexibility index (Phi) is 7.06. The Balaban J connectivity index is 1.55. The standard InChI is InChI=1S/C26H34N6O/c1-6-13-32-20(4)19(3)24(30-32)18(2)16-22-11-10-12-23(17-22)33-26-28-21(5)27-25(29-26)31-14-8-7-9-15-31/h10-12,16-17H,6-9,13-15H2,1-5H3. The maximum atomic E-state index is 6.06. The minimum Gasteiger partial charge on any atom is -0.424 e. The van der Waals surface area contributed by atoms with Crippen molar-refractivity contribution in [1.29, 1.82) is 0 Å². The predicted octanol–water partition coefficient (Wildman–Crippen LogP) is 5.75. The molecule has 1 fully saturated rings. The monoisotopic (exact) mass is 446 g/mol. The molecule has 4 rings (SSSR count). The second kappa shape index (κ2) is 10.1. The number of anilines is 1. The first-order valence-corrected chi connectivity index (χ1v) is 11.9. The first-order chi connectivity index (χ1) is 15.9. The van der Waals surface area contributed by atoms with Crippen LogP contribution in [-0.2, 0) is 6.54 Å². The maximum absolute atomic E-state index is 6.06. The van der Waals surface area contributed by atoms with Gasteiger partial charge in [-0.25, -0.2) is 0 Å². The fourth-order valence-corrected chi connectivity index (χ4v) is 4.26. The van der Waals surface area contributed by atoms with Crippen LogP contribution in [0.15, 0.2) is 24.3 Å². The van der Waals surface area contributed by atoms with Crippen LogP contribution >= 0.6 is 0 Å². The lowest BCUT2D eigenvalue weighted by Gasteiger charge is -2.26. The van der Waals surface area contributed by atoms with Crippen LogP contribution < -0.4 is 9.64 Å². The third kappa shape index (κ3) is 5.41. The fourth-order valence-electron chi connectivity index (χ4n) is 4.26. The zero-order valence-corrected chi connectivity index (χ0v) is 20.4. The van der Waals surface area contributed by atoms with E-state index < -0.39 is 0 Å². The average molecular weight is 447 g/mol. The highest BCUT2D eigenvalue weighted by Crippen LogP contribution is 2.26. The van der Waals surface area contributed by atoms with Crippen LogP contribution in [0.5, 0.6) is 11.8 Å². The Morgan fingerprint density at radius 1 is 1.06 bits per heavy atom. The van der Waals surface area contributed by atoms with Gasteiger partial charge < -0.3 is 9.64 Å². The average Bonchev–Trinajstić information content (AvgIpc) is 3.08. The summed E-state index contributed by atoms with van der Waals surface area (Å²) < 4.78 is 8.16. The third-order valence-corrected chi connectivity index (χ3v) is 6.12. The summed E-state index contributed by atoms with van der Waals surface area (Å²) in [4.78, 5) is 15.7. The highest BCUT2D eigenvalue weighted by atomic mass is 16.5. The van der Waals surface area contributed by atoms with Crippen LogP contribution in [0, 0.1) is 20.8 Å². The quantitative estimate of drug-likeness (QED) is 0.460. The molecule has 0 atom stereocenters. The van der Waals surface area contributed by atoms with Crippen molar-refractivity contribution in [2.45, 2.75) is 66.8 Å². The summed E-state index contributed by atoms with van der Waals surface area (Å²) in [7, 11) is 0. The first-order valence-electron chi connectivity index (χ1n) is 11.9. The second-order valence-electron chi connectivity index (χ2n) is 8.80. The van der Waals surface area contributed by atoms with Gasteiger partial charge in [-0.05, 0) is 88.3 Å². The van der Waals surface area contributed by atoms with E-state index in [1.807, 2.05) is 25.1 Å². The van der Waals surface area contributed by atoms with Gasteiger partial charge in [-0.15, -0.1) is 0 Å². The summed E-state index contributed by atoms with van der Waals surface area (Å²) in [6.45, 7) is 13.3. The van der Waals surface area contributed by atoms with Crippen molar-refractivity contribution < 1.29 is 4.74 Å².